The Kier molecular flexibility index (Phi) is 3.39. The number of aryl methyl sites for hydroxylation is 1. The van der Waals surface area contributed by atoms with E-state index >= 15 is 0 Å². The van der Waals surface area contributed by atoms with Crippen LogP contribution in [0.4, 0.5) is 25.8 Å². The molecule has 0 heterocycles. The summed E-state index contributed by atoms with van der Waals surface area (Å²) < 4.78 is 26.1. The van der Waals surface area contributed by atoms with Gasteiger partial charge in [-0.05, 0) is 24.6 Å². The maximum absolute atomic E-state index is 13.1. The molecule has 0 saturated heterocycles. The van der Waals surface area contributed by atoms with Crippen LogP contribution in [0.1, 0.15) is 5.56 Å². The van der Waals surface area contributed by atoms with Gasteiger partial charge >= 0.3 is 0 Å². The number of rotatable bonds is 2. The van der Waals surface area contributed by atoms with Crippen molar-refractivity contribution in [2.24, 2.45) is 0 Å². The number of halogens is 3. The Labute approximate surface area is 108 Å². The fourth-order valence-corrected chi connectivity index (χ4v) is 1.72. The van der Waals surface area contributed by atoms with Crippen LogP contribution in [-0.2, 0) is 0 Å². The highest BCUT2D eigenvalue weighted by molar-refractivity contribution is 6.30. The third-order valence-electron chi connectivity index (χ3n) is 2.56. The summed E-state index contributed by atoms with van der Waals surface area (Å²) >= 11 is 5.87. The molecule has 2 nitrogen and oxygen atoms in total. The van der Waals surface area contributed by atoms with E-state index < -0.39 is 11.6 Å². The molecule has 0 aliphatic heterocycles. The quantitative estimate of drug-likeness (QED) is 0.799. The Morgan fingerprint density at radius 1 is 1.06 bits per heavy atom. The van der Waals surface area contributed by atoms with Crippen LogP contribution in [0, 0.1) is 18.6 Å². The van der Waals surface area contributed by atoms with E-state index in [1.807, 2.05) is 13.0 Å². The highest BCUT2D eigenvalue weighted by atomic mass is 35.5. The lowest BCUT2D eigenvalue weighted by Gasteiger charge is -2.12. The maximum Gasteiger partial charge on any atom is 0.161 e. The Morgan fingerprint density at radius 3 is 2.44 bits per heavy atom. The lowest BCUT2D eigenvalue weighted by atomic mass is 10.2. The topological polar surface area (TPSA) is 38.0 Å². The van der Waals surface area contributed by atoms with Crippen LogP contribution < -0.4 is 11.1 Å². The second-order valence-corrected chi connectivity index (χ2v) is 4.37. The van der Waals surface area contributed by atoms with Gasteiger partial charge in [-0.25, -0.2) is 8.78 Å². The van der Waals surface area contributed by atoms with Gasteiger partial charge in [0, 0.05) is 22.8 Å². The van der Waals surface area contributed by atoms with E-state index in [-0.39, 0.29) is 5.69 Å². The molecule has 0 spiro atoms. The van der Waals surface area contributed by atoms with Crippen molar-refractivity contribution in [1.82, 2.24) is 0 Å². The number of nitrogens with two attached hydrogens (primary N) is 1. The predicted molar refractivity (Wildman–Crippen MR) is 70.2 cm³/mol. The van der Waals surface area contributed by atoms with Crippen LogP contribution in [0.3, 0.4) is 0 Å². The summed E-state index contributed by atoms with van der Waals surface area (Å²) in [5.74, 6) is -1.92. The minimum absolute atomic E-state index is 0.133. The molecule has 0 radical (unpaired) electrons. The summed E-state index contributed by atoms with van der Waals surface area (Å²) in [6.45, 7) is 1.87. The summed E-state index contributed by atoms with van der Waals surface area (Å²) in [6, 6.07) is 7.22. The zero-order valence-electron chi connectivity index (χ0n) is 9.60. The van der Waals surface area contributed by atoms with Gasteiger partial charge in [-0.1, -0.05) is 17.7 Å². The highest BCUT2D eigenvalue weighted by Crippen LogP contribution is 2.28. The molecular weight excluding hydrogens is 258 g/mol. The van der Waals surface area contributed by atoms with Gasteiger partial charge in [0.25, 0.3) is 0 Å². The largest absolute Gasteiger partial charge is 0.397 e. The third kappa shape index (κ3) is 2.54. The van der Waals surface area contributed by atoms with Crippen molar-refractivity contribution in [3.05, 3.63) is 52.6 Å². The van der Waals surface area contributed by atoms with Crippen molar-refractivity contribution in [1.29, 1.82) is 0 Å². The molecule has 2 rings (SSSR count). The lowest BCUT2D eigenvalue weighted by Crippen LogP contribution is -2.00. The van der Waals surface area contributed by atoms with Crippen LogP contribution in [0.25, 0.3) is 0 Å². The average molecular weight is 269 g/mol. The second kappa shape index (κ2) is 4.82. The van der Waals surface area contributed by atoms with Gasteiger partial charge in [-0.3, -0.25) is 0 Å². The third-order valence-corrected chi connectivity index (χ3v) is 2.80. The van der Waals surface area contributed by atoms with Crippen molar-refractivity contribution >= 4 is 28.7 Å². The molecule has 0 fully saturated rings. The van der Waals surface area contributed by atoms with Crippen molar-refractivity contribution in [3.63, 3.8) is 0 Å². The molecule has 0 aliphatic carbocycles. The smallest absolute Gasteiger partial charge is 0.161 e. The maximum atomic E-state index is 13.1. The van der Waals surface area contributed by atoms with E-state index in [9.17, 15) is 8.78 Å². The first-order valence-electron chi connectivity index (χ1n) is 5.25. The van der Waals surface area contributed by atoms with Gasteiger partial charge in [-0.15, -0.1) is 0 Å². The zero-order chi connectivity index (χ0) is 13.3. The molecule has 5 heteroatoms. The summed E-state index contributed by atoms with van der Waals surface area (Å²) in [5, 5.41) is 3.48. The first-order chi connectivity index (χ1) is 8.47. The summed E-state index contributed by atoms with van der Waals surface area (Å²) in [6.07, 6.45) is 0. The van der Waals surface area contributed by atoms with Gasteiger partial charge in [0.2, 0.25) is 0 Å². The molecule has 0 aromatic heterocycles. The van der Waals surface area contributed by atoms with Crippen molar-refractivity contribution in [2.75, 3.05) is 11.1 Å². The Morgan fingerprint density at radius 2 is 1.72 bits per heavy atom. The number of anilines is 3. The lowest BCUT2D eigenvalue weighted by molar-refractivity contribution is 0.509. The Balaban J connectivity index is 2.40. The molecule has 0 unspecified atom stereocenters. The summed E-state index contributed by atoms with van der Waals surface area (Å²) in [5.41, 5.74) is 7.68. The van der Waals surface area contributed by atoms with Crippen molar-refractivity contribution < 1.29 is 8.78 Å². The minimum atomic E-state index is -0.971. The van der Waals surface area contributed by atoms with Crippen LogP contribution >= 0.6 is 11.6 Å². The van der Waals surface area contributed by atoms with Crippen LogP contribution in [0.2, 0.25) is 5.02 Å². The number of hydrogen-bond acceptors (Lipinski definition) is 2. The Bertz CT molecular complexity index is 600. The first kappa shape index (κ1) is 12.6. The van der Waals surface area contributed by atoms with Gasteiger partial charge in [0.15, 0.2) is 11.6 Å². The molecule has 18 heavy (non-hydrogen) atoms. The van der Waals surface area contributed by atoms with Crippen LogP contribution in [0.5, 0.6) is 0 Å². The Hall–Kier alpha value is -1.81. The fourth-order valence-electron chi connectivity index (χ4n) is 1.54. The molecule has 0 amide bonds. The monoisotopic (exact) mass is 268 g/mol. The fraction of sp³-hybridized carbons (Fsp3) is 0.0769. The molecule has 2 aromatic rings. The molecule has 0 saturated carbocycles. The van der Waals surface area contributed by atoms with Gasteiger partial charge in [-0.2, -0.15) is 0 Å². The highest BCUT2D eigenvalue weighted by Gasteiger charge is 2.09. The summed E-state index contributed by atoms with van der Waals surface area (Å²) in [4.78, 5) is 0. The van der Waals surface area contributed by atoms with Crippen LogP contribution in [-0.4, -0.2) is 0 Å². The van der Waals surface area contributed by atoms with Crippen LogP contribution in [0.15, 0.2) is 30.3 Å². The zero-order valence-corrected chi connectivity index (χ0v) is 10.4. The average Bonchev–Trinajstić information content (AvgIpc) is 2.30. The molecule has 0 bridgehead atoms. The van der Waals surface area contributed by atoms with E-state index in [1.54, 1.807) is 12.1 Å². The van der Waals surface area contributed by atoms with Gasteiger partial charge < -0.3 is 11.1 Å². The molecule has 2 aromatic carbocycles. The second-order valence-electron chi connectivity index (χ2n) is 3.94. The van der Waals surface area contributed by atoms with Gasteiger partial charge in [0.05, 0.1) is 11.4 Å². The summed E-state index contributed by atoms with van der Waals surface area (Å²) in [7, 11) is 0. The number of benzene rings is 2. The van der Waals surface area contributed by atoms with E-state index in [0.717, 1.165) is 17.7 Å². The number of hydrogen-bond donors (Lipinski definition) is 2. The van der Waals surface area contributed by atoms with Crippen molar-refractivity contribution in [3.8, 4) is 0 Å². The van der Waals surface area contributed by atoms with E-state index in [1.165, 1.54) is 0 Å². The predicted octanol–water partition coefficient (Wildman–Crippen LogP) is 4.25. The normalized spacial score (nSPS) is 10.4. The molecule has 0 aliphatic rings. The molecular formula is C13H11ClF2N2. The molecule has 3 N–H and O–H groups in total. The van der Waals surface area contributed by atoms with E-state index in [0.29, 0.717) is 16.4 Å². The molecule has 94 valence electrons. The molecule has 0 atom stereocenters. The SMILES string of the molecule is Cc1ccc(Cl)cc1Nc1cc(F)c(F)cc1N. The van der Waals surface area contributed by atoms with Crippen molar-refractivity contribution in [2.45, 2.75) is 6.92 Å². The van der Waals surface area contributed by atoms with Gasteiger partial charge in [0.1, 0.15) is 0 Å². The number of nitrogens with one attached hydrogen (secondary N) is 1. The minimum Gasteiger partial charge on any atom is -0.397 e. The number of nitrogen functional groups attached to an aromatic ring is 1. The van der Waals surface area contributed by atoms with E-state index in [2.05, 4.69) is 5.32 Å². The van der Waals surface area contributed by atoms with E-state index in [4.69, 9.17) is 17.3 Å². The first-order valence-corrected chi connectivity index (χ1v) is 5.63. The standard InChI is InChI=1S/C13H11ClF2N2/c1-7-2-3-8(14)4-12(7)18-13-6-10(16)9(15)5-11(13)17/h2-6,18H,17H2,1H3.